The van der Waals surface area contributed by atoms with Gasteiger partial charge in [-0.15, -0.1) is 0 Å². The van der Waals surface area contributed by atoms with Crippen molar-refractivity contribution in [3.63, 3.8) is 0 Å². The molecule has 0 saturated heterocycles. The van der Waals surface area contributed by atoms with Gasteiger partial charge in [-0.25, -0.2) is 8.78 Å². The number of aliphatic hydroxyl groups is 1. The van der Waals surface area contributed by atoms with Crippen molar-refractivity contribution >= 4 is 23.5 Å². The molecular formula is C41H38F2N6O3. The Balaban J connectivity index is 0.000000162. The van der Waals surface area contributed by atoms with Crippen molar-refractivity contribution in [2.24, 2.45) is 0 Å². The molecule has 4 aromatic carbocycles. The number of carbonyl (C=O) groups excluding carboxylic acids is 2. The number of H-pyrrole nitrogens is 2. The Kier molecular flexibility index (Phi) is 10.3. The lowest BCUT2D eigenvalue weighted by Crippen LogP contribution is -2.14. The van der Waals surface area contributed by atoms with Crippen molar-refractivity contribution in [2.75, 3.05) is 10.6 Å². The van der Waals surface area contributed by atoms with Crippen LogP contribution in [0.2, 0.25) is 0 Å². The van der Waals surface area contributed by atoms with E-state index in [9.17, 15) is 23.5 Å². The minimum absolute atomic E-state index is 0.0295. The molecule has 0 atom stereocenters. The van der Waals surface area contributed by atoms with Crippen LogP contribution >= 0.6 is 0 Å². The smallest absolute Gasteiger partial charge is 0.229 e. The van der Waals surface area contributed by atoms with Crippen LogP contribution in [0.15, 0.2) is 103 Å². The summed E-state index contributed by atoms with van der Waals surface area (Å²) in [4.78, 5) is 24.4. The van der Waals surface area contributed by atoms with E-state index in [1.54, 1.807) is 24.3 Å². The third kappa shape index (κ3) is 9.04. The van der Waals surface area contributed by atoms with Crippen molar-refractivity contribution in [2.45, 2.75) is 57.0 Å². The van der Waals surface area contributed by atoms with Gasteiger partial charge in [-0.2, -0.15) is 10.2 Å². The van der Waals surface area contributed by atoms with Crippen LogP contribution in [0.4, 0.5) is 20.4 Å². The summed E-state index contributed by atoms with van der Waals surface area (Å²) in [6, 6.07) is 30.5. The molecule has 2 aliphatic carbocycles. The zero-order valence-corrected chi connectivity index (χ0v) is 28.3. The predicted octanol–water partition coefficient (Wildman–Crippen LogP) is 8.04. The minimum Gasteiger partial charge on any atom is -0.392 e. The standard InChI is InChI=1S/C21H21N3O2.C20H17F2N3O/c25-13-15-2-1-3-18(10-15)16-6-4-14(5-7-16)11-21(26)22-20-12-19(23-24-20)17-8-9-17;21-16-8-7-15(10-17(16)22)13-3-1-12(2-4-13)9-20(26)23-19-11-18(24-25-19)14-5-6-14/h1-7,10,12,17,25H,8-9,11,13H2,(H2,22,23,24,26);1-4,7-8,10-11,14H,5-6,9H2,(H2,23,24,25,26). The number of hydrogen-bond donors (Lipinski definition) is 5. The van der Waals surface area contributed by atoms with Crippen LogP contribution in [0.25, 0.3) is 22.3 Å². The van der Waals surface area contributed by atoms with Gasteiger partial charge in [0.15, 0.2) is 23.3 Å². The Hall–Kier alpha value is -5.94. The lowest BCUT2D eigenvalue weighted by atomic mass is 10.0. The van der Waals surface area contributed by atoms with Crippen LogP contribution in [0.1, 0.15) is 65.6 Å². The maximum Gasteiger partial charge on any atom is 0.229 e. The summed E-state index contributed by atoms with van der Waals surface area (Å²) in [7, 11) is 0. The molecule has 2 saturated carbocycles. The zero-order chi connectivity index (χ0) is 36.0. The number of aromatic nitrogens is 4. The molecule has 11 heteroatoms. The van der Waals surface area contributed by atoms with Crippen molar-refractivity contribution in [3.05, 3.63) is 143 Å². The van der Waals surface area contributed by atoms with Crippen LogP contribution in [-0.4, -0.2) is 37.3 Å². The summed E-state index contributed by atoms with van der Waals surface area (Å²) in [6.07, 6.45) is 5.25. The highest BCUT2D eigenvalue weighted by atomic mass is 19.2. The van der Waals surface area contributed by atoms with Gasteiger partial charge in [0.2, 0.25) is 11.8 Å². The highest BCUT2D eigenvalue weighted by Gasteiger charge is 2.26. The number of hydrogen-bond acceptors (Lipinski definition) is 5. The molecule has 5 N–H and O–H groups in total. The minimum atomic E-state index is -0.879. The Labute approximate surface area is 299 Å². The number of amides is 2. The summed E-state index contributed by atoms with van der Waals surface area (Å²) in [6.45, 7) is 0.0295. The average molecular weight is 701 g/mol. The molecule has 2 fully saturated rings. The first-order valence-electron chi connectivity index (χ1n) is 17.3. The zero-order valence-electron chi connectivity index (χ0n) is 28.3. The van der Waals surface area contributed by atoms with Gasteiger partial charge in [-0.05, 0) is 82.8 Å². The molecule has 2 aromatic heterocycles. The second kappa shape index (κ2) is 15.5. The first-order valence-corrected chi connectivity index (χ1v) is 17.3. The second-order valence-corrected chi connectivity index (χ2v) is 13.3. The molecule has 2 heterocycles. The quantitative estimate of drug-likeness (QED) is 0.0933. The van der Waals surface area contributed by atoms with E-state index in [2.05, 4.69) is 31.0 Å². The molecule has 6 aromatic rings. The van der Waals surface area contributed by atoms with Gasteiger partial charge >= 0.3 is 0 Å². The molecule has 8 rings (SSSR count). The van der Waals surface area contributed by atoms with Gasteiger partial charge in [0.05, 0.1) is 19.4 Å². The highest BCUT2D eigenvalue weighted by molar-refractivity contribution is 5.92. The lowest BCUT2D eigenvalue weighted by Gasteiger charge is -2.06. The highest BCUT2D eigenvalue weighted by Crippen LogP contribution is 2.40. The Morgan fingerprint density at radius 2 is 1.08 bits per heavy atom. The molecule has 0 spiro atoms. The summed E-state index contributed by atoms with van der Waals surface area (Å²) < 4.78 is 26.4. The van der Waals surface area contributed by atoms with Gasteiger partial charge in [-0.3, -0.25) is 19.8 Å². The van der Waals surface area contributed by atoms with Crippen LogP contribution < -0.4 is 10.6 Å². The van der Waals surface area contributed by atoms with E-state index in [0.29, 0.717) is 35.5 Å². The van der Waals surface area contributed by atoms with Gasteiger partial charge < -0.3 is 15.7 Å². The third-order valence-electron chi connectivity index (χ3n) is 9.10. The number of aromatic amines is 2. The van der Waals surface area contributed by atoms with E-state index >= 15 is 0 Å². The number of rotatable bonds is 11. The molecule has 9 nitrogen and oxygen atoms in total. The third-order valence-corrected chi connectivity index (χ3v) is 9.10. The average Bonchev–Trinajstić information content (AvgIpc) is 4.10. The molecule has 0 bridgehead atoms. The van der Waals surface area contributed by atoms with Crippen molar-refractivity contribution < 1.29 is 23.5 Å². The molecule has 52 heavy (non-hydrogen) atoms. The molecule has 0 radical (unpaired) electrons. The number of halogens is 2. The van der Waals surface area contributed by atoms with Gasteiger partial charge in [-0.1, -0.05) is 72.8 Å². The van der Waals surface area contributed by atoms with Crippen LogP contribution in [0.5, 0.6) is 0 Å². The Morgan fingerprint density at radius 1 is 0.596 bits per heavy atom. The second-order valence-electron chi connectivity index (χ2n) is 13.3. The lowest BCUT2D eigenvalue weighted by molar-refractivity contribution is -0.116. The normalized spacial score (nSPS) is 13.6. The predicted molar refractivity (Wildman–Crippen MR) is 195 cm³/mol. The van der Waals surface area contributed by atoms with Crippen LogP contribution in [0.3, 0.4) is 0 Å². The maximum atomic E-state index is 13.3. The largest absolute Gasteiger partial charge is 0.392 e. The first-order chi connectivity index (χ1) is 25.3. The number of nitrogens with zero attached hydrogens (tertiary/aromatic N) is 2. The van der Waals surface area contributed by atoms with E-state index in [-0.39, 0.29) is 24.8 Å². The molecule has 0 aliphatic heterocycles. The first kappa shape index (κ1) is 34.5. The van der Waals surface area contributed by atoms with E-state index < -0.39 is 11.6 Å². The monoisotopic (exact) mass is 700 g/mol. The fourth-order valence-electron chi connectivity index (χ4n) is 5.91. The van der Waals surface area contributed by atoms with E-state index in [1.165, 1.54) is 31.7 Å². The number of nitrogens with one attached hydrogen (secondary N) is 4. The topological polar surface area (TPSA) is 136 Å². The molecular weight excluding hydrogens is 662 g/mol. The van der Waals surface area contributed by atoms with Crippen LogP contribution in [0, 0.1) is 11.6 Å². The fraction of sp³-hybridized carbons (Fsp3) is 0.220. The van der Waals surface area contributed by atoms with Gasteiger partial charge in [0, 0.05) is 35.4 Å². The number of benzene rings is 4. The Morgan fingerprint density at radius 3 is 1.54 bits per heavy atom. The van der Waals surface area contributed by atoms with Crippen molar-refractivity contribution in [1.29, 1.82) is 0 Å². The van der Waals surface area contributed by atoms with E-state index in [1.807, 2.05) is 60.7 Å². The molecule has 2 amide bonds. The number of aliphatic hydroxyl groups excluding tert-OH is 1. The summed E-state index contributed by atoms with van der Waals surface area (Å²) in [5, 5.41) is 29.1. The summed E-state index contributed by atoms with van der Waals surface area (Å²) >= 11 is 0. The van der Waals surface area contributed by atoms with E-state index in [4.69, 9.17) is 0 Å². The molecule has 0 unspecified atom stereocenters. The fourth-order valence-corrected chi connectivity index (χ4v) is 5.91. The molecule has 264 valence electrons. The van der Waals surface area contributed by atoms with Crippen LogP contribution in [-0.2, 0) is 29.0 Å². The van der Waals surface area contributed by atoms with Crippen molar-refractivity contribution in [3.8, 4) is 22.3 Å². The van der Waals surface area contributed by atoms with E-state index in [0.717, 1.165) is 56.9 Å². The Bertz CT molecular complexity index is 2170. The SMILES string of the molecule is O=C(Cc1ccc(-c2ccc(F)c(F)c2)cc1)Nc1cc(C2CC2)[nH]n1.O=C(Cc1ccc(-c2cccc(CO)c2)cc1)Nc1cc(C2CC2)[nH]n1. The van der Waals surface area contributed by atoms with Gasteiger partial charge in [0.25, 0.3) is 0 Å². The summed E-state index contributed by atoms with van der Waals surface area (Å²) in [5.74, 6) is 0.292. The molecule has 2 aliphatic rings. The summed E-state index contributed by atoms with van der Waals surface area (Å²) in [5.41, 5.74) is 8.29. The number of anilines is 2. The van der Waals surface area contributed by atoms with Gasteiger partial charge in [0.1, 0.15) is 0 Å². The number of carbonyl (C=O) groups is 2. The maximum absolute atomic E-state index is 13.3. The van der Waals surface area contributed by atoms with Crippen molar-refractivity contribution in [1.82, 2.24) is 20.4 Å².